The van der Waals surface area contributed by atoms with Crippen molar-refractivity contribution in [3.05, 3.63) is 29.8 Å². The Kier molecular flexibility index (Phi) is 4.41. The number of rotatable bonds is 4. The van der Waals surface area contributed by atoms with Crippen LogP contribution < -0.4 is 10.1 Å². The Hall–Kier alpha value is -1.57. The molecular formula is C15H20N2O2. The predicted octanol–water partition coefficient (Wildman–Crippen LogP) is 1.98. The molecule has 1 aromatic rings. The number of ether oxygens (including phenoxy) is 1. The molecule has 2 unspecified atom stereocenters. The van der Waals surface area contributed by atoms with Crippen molar-refractivity contribution in [1.29, 1.82) is 5.26 Å². The van der Waals surface area contributed by atoms with Crippen LogP contribution in [0.1, 0.15) is 31.2 Å². The highest BCUT2D eigenvalue weighted by Gasteiger charge is 2.36. The van der Waals surface area contributed by atoms with E-state index in [1.165, 1.54) is 0 Å². The summed E-state index contributed by atoms with van der Waals surface area (Å²) in [5, 5.41) is 21.7. The minimum atomic E-state index is -0.475. The number of nitriles is 1. The van der Waals surface area contributed by atoms with Crippen LogP contribution in [-0.4, -0.2) is 23.8 Å². The van der Waals surface area contributed by atoms with E-state index in [0.717, 1.165) is 30.6 Å². The van der Waals surface area contributed by atoms with Gasteiger partial charge in [0.2, 0.25) is 0 Å². The Morgan fingerprint density at radius 2 is 2.32 bits per heavy atom. The third-order valence-corrected chi connectivity index (χ3v) is 3.83. The summed E-state index contributed by atoms with van der Waals surface area (Å²) in [7, 11) is 1.83. The largest absolute Gasteiger partial charge is 0.490 e. The summed E-state index contributed by atoms with van der Waals surface area (Å²) >= 11 is 0. The van der Waals surface area contributed by atoms with Gasteiger partial charge in [-0.1, -0.05) is 18.2 Å². The number of para-hydroxylation sites is 1. The molecule has 1 fully saturated rings. The van der Waals surface area contributed by atoms with E-state index in [-0.39, 0.29) is 12.7 Å². The van der Waals surface area contributed by atoms with Crippen molar-refractivity contribution < 1.29 is 9.84 Å². The lowest BCUT2D eigenvalue weighted by molar-refractivity contribution is 0.113. The first-order valence-electron chi connectivity index (χ1n) is 6.68. The Morgan fingerprint density at radius 3 is 3.00 bits per heavy atom. The molecular weight excluding hydrogens is 240 g/mol. The summed E-state index contributed by atoms with van der Waals surface area (Å²) in [5.41, 5.74) is 0.317. The molecule has 1 saturated carbocycles. The number of nitrogens with zero attached hydrogens (tertiary/aromatic N) is 1. The summed E-state index contributed by atoms with van der Waals surface area (Å²) in [6, 6.07) is 9.87. The summed E-state index contributed by atoms with van der Waals surface area (Å²) in [6.45, 7) is -0.0295. The number of aliphatic hydroxyl groups is 1. The molecule has 1 aromatic carbocycles. The molecule has 0 heterocycles. The van der Waals surface area contributed by atoms with Crippen molar-refractivity contribution in [3.63, 3.8) is 0 Å². The molecule has 2 atom stereocenters. The maximum atomic E-state index is 9.32. The van der Waals surface area contributed by atoms with E-state index >= 15 is 0 Å². The fourth-order valence-corrected chi connectivity index (χ4v) is 2.64. The normalized spacial score (nSPS) is 26.7. The molecule has 0 spiro atoms. The smallest absolute Gasteiger partial charge is 0.125 e. The van der Waals surface area contributed by atoms with Gasteiger partial charge in [0.1, 0.15) is 17.4 Å². The minimum absolute atomic E-state index is 0.0218. The van der Waals surface area contributed by atoms with Gasteiger partial charge in [0.05, 0.1) is 12.7 Å². The van der Waals surface area contributed by atoms with Gasteiger partial charge >= 0.3 is 0 Å². The second-order valence-electron chi connectivity index (χ2n) is 5.05. The number of hydrogen-bond donors (Lipinski definition) is 2. The molecule has 4 heteroatoms. The van der Waals surface area contributed by atoms with E-state index < -0.39 is 5.54 Å². The maximum absolute atomic E-state index is 9.32. The van der Waals surface area contributed by atoms with Crippen molar-refractivity contribution >= 4 is 0 Å². The second-order valence-corrected chi connectivity index (χ2v) is 5.05. The lowest BCUT2D eigenvalue weighted by Crippen LogP contribution is -2.48. The number of aliphatic hydroxyl groups excluding tert-OH is 1. The molecule has 0 amide bonds. The van der Waals surface area contributed by atoms with E-state index in [2.05, 4.69) is 11.4 Å². The van der Waals surface area contributed by atoms with Crippen LogP contribution in [0.25, 0.3) is 0 Å². The van der Waals surface area contributed by atoms with Gasteiger partial charge in [-0.15, -0.1) is 0 Å². The molecule has 0 aromatic heterocycles. The standard InChI is InChI=1S/C15H20N2O2/c1-17-15(11-16)8-4-6-13(9-15)19-14-7-3-2-5-12(14)10-18/h2-3,5,7,13,17-18H,4,6,8-10H2,1H3. The summed E-state index contributed by atoms with van der Waals surface area (Å²) in [5.74, 6) is 0.722. The number of nitrogens with one attached hydrogen (secondary N) is 1. The first-order chi connectivity index (χ1) is 9.23. The predicted molar refractivity (Wildman–Crippen MR) is 72.7 cm³/mol. The van der Waals surface area contributed by atoms with Crippen LogP contribution in [0, 0.1) is 11.3 Å². The highest BCUT2D eigenvalue weighted by molar-refractivity contribution is 5.33. The quantitative estimate of drug-likeness (QED) is 0.869. The minimum Gasteiger partial charge on any atom is -0.490 e. The van der Waals surface area contributed by atoms with Gasteiger partial charge in [-0.2, -0.15) is 5.26 Å². The van der Waals surface area contributed by atoms with E-state index in [1.54, 1.807) is 0 Å². The molecule has 2 rings (SSSR count). The summed E-state index contributed by atoms with van der Waals surface area (Å²) in [4.78, 5) is 0. The molecule has 2 N–H and O–H groups in total. The maximum Gasteiger partial charge on any atom is 0.125 e. The Morgan fingerprint density at radius 1 is 1.53 bits per heavy atom. The number of hydrogen-bond acceptors (Lipinski definition) is 4. The average Bonchev–Trinajstić information content (AvgIpc) is 2.48. The highest BCUT2D eigenvalue weighted by atomic mass is 16.5. The van der Waals surface area contributed by atoms with E-state index in [0.29, 0.717) is 6.42 Å². The van der Waals surface area contributed by atoms with Crippen LogP contribution in [0.2, 0.25) is 0 Å². The van der Waals surface area contributed by atoms with Gasteiger partial charge in [0, 0.05) is 12.0 Å². The van der Waals surface area contributed by atoms with E-state index in [4.69, 9.17) is 4.74 Å². The molecule has 1 aliphatic carbocycles. The molecule has 0 saturated heterocycles. The number of benzene rings is 1. The average molecular weight is 260 g/mol. The van der Waals surface area contributed by atoms with Crippen molar-refractivity contribution in [2.75, 3.05) is 7.05 Å². The van der Waals surface area contributed by atoms with Crippen LogP contribution in [-0.2, 0) is 6.61 Å². The van der Waals surface area contributed by atoms with E-state index in [9.17, 15) is 10.4 Å². The monoisotopic (exact) mass is 260 g/mol. The zero-order valence-corrected chi connectivity index (χ0v) is 11.2. The first-order valence-corrected chi connectivity index (χ1v) is 6.68. The van der Waals surface area contributed by atoms with Crippen LogP contribution in [0.3, 0.4) is 0 Å². The molecule has 19 heavy (non-hydrogen) atoms. The van der Waals surface area contributed by atoms with Gasteiger partial charge in [-0.05, 0) is 32.4 Å². The van der Waals surface area contributed by atoms with E-state index in [1.807, 2.05) is 31.3 Å². The fraction of sp³-hybridized carbons (Fsp3) is 0.533. The second kappa shape index (κ2) is 6.05. The van der Waals surface area contributed by atoms with Gasteiger partial charge in [-0.25, -0.2) is 0 Å². The Labute approximate surface area is 114 Å². The van der Waals surface area contributed by atoms with Crippen molar-refractivity contribution in [2.24, 2.45) is 0 Å². The summed E-state index contributed by atoms with van der Waals surface area (Å²) < 4.78 is 5.99. The molecule has 0 radical (unpaired) electrons. The molecule has 102 valence electrons. The zero-order valence-electron chi connectivity index (χ0n) is 11.2. The fourth-order valence-electron chi connectivity index (χ4n) is 2.64. The molecule has 4 nitrogen and oxygen atoms in total. The van der Waals surface area contributed by atoms with Crippen molar-refractivity contribution in [3.8, 4) is 11.8 Å². The SMILES string of the molecule is CNC1(C#N)CCCC(Oc2ccccc2CO)C1. The third kappa shape index (κ3) is 3.06. The highest BCUT2D eigenvalue weighted by Crippen LogP contribution is 2.31. The summed E-state index contributed by atoms with van der Waals surface area (Å²) in [6.07, 6.45) is 3.49. The zero-order chi connectivity index (χ0) is 13.7. The topological polar surface area (TPSA) is 65.3 Å². The first kappa shape index (κ1) is 13.9. The Bertz CT molecular complexity index is 469. The van der Waals surface area contributed by atoms with Crippen molar-refractivity contribution in [1.82, 2.24) is 5.32 Å². The third-order valence-electron chi connectivity index (χ3n) is 3.83. The lowest BCUT2D eigenvalue weighted by atomic mass is 9.81. The molecule has 1 aliphatic rings. The van der Waals surface area contributed by atoms with Gasteiger partial charge in [0.25, 0.3) is 0 Å². The van der Waals surface area contributed by atoms with Crippen LogP contribution in [0.4, 0.5) is 0 Å². The van der Waals surface area contributed by atoms with Gasteiger partial charge < -0.3 is 15.2 Å². The van der Waals surface area contributed by atoms with Crippen LogP contribution >= 0.6 is 0 Å². The van der Waals surface area contributed by atoms with Gasteiger partial charge in [-0.3, -0.25) is 0 Å². The Balaban J connectivity index is 2.09. The van der Waals surface area contributed by atoms with Crippen molar-refractivity contribution in [2.45, 2.75) is 43.9 Å². The lowest BCUT2D eigenvalue weighted by Gasteiger charge is -2.35. The van der Waals surface area contributed by atoms with Crippen LogP contribution in [0.5, 0.6) is 5.75 Å². The molecule has 0 bridgehead atoms. The van der Waals surface area contributed by atoms with Gasteiger partial charge in [0.15, 0.2) is 0 Å². The van der Waals surface area contributed by atoms with Crippen LogP contribution in [0.15, 0.2) is 24.3 Å². The molecule has 0 aliphatic heterocycles.